The number of amides is 2. The Balaban J connectivity index is 1.78. The minimum Gasteiger partial charge on any atom is -0.493 e. The lowest BCUT2D eigenvalue weighted by atomic mass is 10.1. The fourth-order valence-electron chi connectivity index (χ4n) is 3.48. The van der Waals surface area contributed by atoms with Crippen LogP contribution in [0.1, 0.15) is 34.3 Å². The highest BCUT2D eigenvalue weighted by Gasteiger charge is 2.33. The highest BCUT2D eigenvalue weighted by molar-refractivity contribution is 5.94. The molecule has 0 spiro atoms. The molecule has 0 unspecified atom stereocenters. The Morgan fingerprint density at radius 3 is 2.17 bits per heavy atom. The first-order valence-corrected chi connectivity index (χ1v) is 9.90. The number of carbonyl (C=O) groups is 2. The van der Waals surface area contributed by atoms with E-state index in [-0.39, 0.29) is 24.3 Å². The van der Waals surface area contributed by atoms with Crippen LogP contribution in [0.3, 0.4) is 0 Å². The van der Waals surface area contributed by atoms with Crippen LogP contribution in [0.25, 0.3) is 0 Å². The van der Waals surface area contributed by atoms with Crippen molar-refractivity contribution in [2.45, 2.75) is 31.8 Å². The van der Waals surface area contributed by atoms with Gasteiger partial charge < -0.3 is 24.4 Å². The second-order valence-corrected chi connectivity index (χ2v) is 7.20. The van der Waals surface area contributed by atoms with E-state index in [2.05, 4.69) is 5.32 Å². The van der Waals surface area contributed by atoms with E-state index >= 15 is 0 Å². The van der Waals surface area contributed by atoms with Gasteiger partial charge in [0, 0.05) is 30.8 Å². The fraction of sp³-hybridized carbons (Fsp3) is 0.391. The van der Waals surface area contributed by atoms with Crippen LogP contribution in [0.5, 0.6) is 17.2 Å². The predicted octanol–water partition coefficient (Wildman–Crippen LogP) is 2.81. The van der Waals surface area contributed by atoms with E-state index in [4.69, 9.17) is 14.2 Å². The zero-order valence-corrected chi connectivity index (χ0v) is 17.9. The Kier molecular flexibility index (Phi) is 6.82. The first-order valence-electron chi connectivity index (χ1n) is 9.90. The van der Waals surface area contributed by atoms with Gasteiger partial charge in [0.25, 0.3) is 5.91 Å². The van der Waals surface area contributed by atoms with Gasteiger partial charge in [-0.05, 0) is 36.6 Å². The van der Waals surface area contributed by atoms with Gasteiger partial charge in [-0.1, -0.05) is 18.2 Å². The second kappa shape index (κ2) is 9.52. The zero-order valence-electron chi connectivity index (χ0n) is 17.9. The molecular weight excluding hydrogens is 384 g/mol. The third kappa shape index (κ3) is 4.67. The van der Waals surface area contributed by atoms with Crippen LogP contribution in [-0.2, 0) is 17.8 Å². The summed E-state index contributed by atoms with van der Waals surface area (Å²) in [6, 6.07) is 11.2. The van der Waals surface area contributed by atoms with Crippen molar-refractivity contribution in [3.8, 4) is 17.2 Å². The van der Waals surface area contributed by atoms with Crippen LogP contribution in [0.2, 0.25) is 0 Å². The number of rotatable bonds is 9. The Labute approximate surface area is 176 Å². The SMILES string of the molecule is CNC(=O)c1ccc(CN(C(=O)Cc2ccc(OC)c(OC)c2OC)C2CC2)cc1. The Morgan fingerprint density at radius 1 is 0.967 bits per heavy atom. The van der Waals surface area contributed by atoms with Gasteiger partial charge >= 0.3 is 0 Å². The first-order chi connectivity index (χ1) is 14.5. The summed E-state index contributed by atoms with van der Waals surface area (Å²) in [5.41, 5.74) is 2.34. The van der Waals surface area contributed by atoms with E-state index in [1.54, 1.807) is 46.6 Å². The summed E-state index contributed by atoms with van der Waals surface area (Å²) < 4.78 is 16.3. The van der Waals surface area contributed by atoms with Crippen molar-refractivity contribution >= 4 is 11.8 Å². The van der Waals surface area contributed by atoms with E-state index in [1.165, 1.54) is 0 Å². The summed E-state index contributed by atoms with van der Waals surface area (Å²) in [5.74, 6) is 1.44. The molecule has 2 aromatic carbocycles. The van der Waals surface area contributed by atoms with Crippen molar-refractivity contribution in [3.05, 3.63) is 53.1 Å². The summed E-state index contributed by atoms with van der Waals surface area (Å²) in [6.07, 6.45) is 2.21. The number of benzene rings is 2. The highest BCUT2D eigenvalue weighted by atomic mass is 16.5. The minimum absolute atomic E-state index is 0.0263. The van der Waals surface area contributed by atoms with Gasteiger partial charge in [0.15, 0.2) is 11.5 Å². The molecule has 0 bridgehead atoms. The molecule has 1 aliphatic rings. The van der Waals surface area contributed by atoms with Gasteiger partial charge in [0.2, 0.25) is 11.7 Å². The fourth-order valence-corrected chi connectivity index (χ4v) is 3.48. The van der Waals surface area contributed by atoms with Gasteiger partial charge in [-0.15, -0.1) is 0 Å². The lowest BCUT2D eigenvalue weighted by Gasteiger charge is -2.24. The third-order valence-corrected chi connectivity index (χ3v) is 5.23. The van der Waals surface area contributed by atoms with Crippen molar-refractivity contribution in [3.63, 3.8) is 0 Å². The van der Waals surface area contributed by atoms with Crippen molar-refractivity contribution in [2.75, 3.05) is 28.4 Å². The van der Waals surface area contributed by atoms with Crippen molar-refractivity contribution in [1.29, 1.82) is 0 Å². The molecule has 7 heteroatoms. The standard InChI is InChI=1S/C23H28N2O5/c1-24-23(27)16-7-5-15(6-8-16)14-25(18-10-11-18)20(26)13-17-9-12-19(28-2)22(30-4)21(17)29-3/h5-9,12,18H,10-11,13-14H2,1-4H3,(H,24,27). The number of nitrogens with zero attached hydrogens (tertiary/aromatic N) is 1. The topological polar surface area (TPSA) is 77.1 Å². The number of nitrogens with one attached hydrogen (secondary N) is 1. The van der Waals surface area contributed by atoms with Crippen LogP contribution in [0, 0.1) is 0 Å². The van der Waals surface area contributed by atoms with Gasteiger partial charge in [-0.25, -0.2) is 0 Å². The molecule has 0 heterocycles. The molecule has 0 radical (unpaired) electrons. The summed E-state index contributed by atoms with van der Waals surface area (Å²) in [5, 5.41) is 2.61. The monoisotopic (exact) mass is 412 g/mol. The zero-order chi connectivity index (χ0) is 21.7. The lowest BCUT2D eigenvalue weighted by molar-refractivity contribution is -0.131. The molecule has 2 aromatic rings. The van der Waals surface area contributed by atoms with Crippen molar-refractivity contribution in [1.82, 2.24) is 10.2 Å². The summed E-state index contributed by atoms with van der Waals surface area (Å²) in [6.45, 7) is 0.507. The molecule has 1 N–H and O–H groups in total. The normalized spacial score (nSPS) is 12.8. The maximum atomic E-state index is 13.2. The molecule has 1 aliphatic carbocycles. The maximum absolute atomic E-state index is 13.2. The van der Waals surface area contributed by atoms with E-state index < -0.39 is 0 Å². The van der Waals surface area contributed by atoms with E-state index in [0.29, 0.717) is 29.4 Å². The molecule has 1 saturated carbocycles. The summed E-state index contributed by atoms with van der Waals surface area (Å²) in [4.78, 5) is 26.8. The summed E-state index contributed by atoms with van der Waals surface area (Å²) in [7, 11) is 6.27. The number of methoxy groups -OCH3 is 3. The van der Waals surface area contributed by atoms with Crippen molar-refractivity contribution in [2.24, 2.45) is 0 Å². The highest BCUT2D eigenvalue weighted by Crippen LogP contribution is 2.40. The Bertz CT molecular complexity index is 907. The van der Waals surface area contributed by atoms with Crippen LogP contribution in [0.15, 0.2) is 36.4 Å². The molecular formula is C23H28N2O5. The van der Waals surface area contributed by atoms with Gasteiger partial charge in [0.05, 0.1) is 27.8 Å². The van der Waals surface area contributed by atoms with Crippen LogP contribution in [0.4, 0.5) is 0 Å². The number of hydrogen-bond acceptors (Lipinski definition) is 5. The van der Waals surface area contributed by atoms with Crippen molar-refractivity contribution < 1.29 is 23.8 Å². The number of carbonyl (C=O) groups excluding carboxylic acids is 2. The second-order valence-electron chi connectivity index (χ2n) is 7.20. The van der Waals surface area contributed by atoms with E-state index in [0.717, 1.165) is 24.0 Å². The average molecular weight is 412 g/mol. The largest absolute Gasteiger partial charge is 0.493 e. The quantitative estimate of drug-likeness (QED) is 0.685. The molecule has 30 heavy (non-hydrogen) atoms. The first kappa shape index (κ1) is 21.5. The molecule has 0 aliphatic heterocycles. The van der Waals surface area contributed by atoms with Gasteiger partial charge in [-0.2, -0.15) is 0 Å². The number of ether oxygens (including phenoxy) is 3. The van der Waals surface area contributed by atoms with Crippen LogP contribution >= 0.6 is 0 Å². The maximum Gasteiger partial charge on any atom is 0.251 e. The molecule has 0 saturated heterocycles. The molecule has 0 aromatic heterocycles. The Hall–Kier alpha value is -3.22. The molecule has 160 valence electrons. The molecule has 3 rings (SSSR count). The molecule has 0 atom stereocenters. The smallest absolute Gasteiger partial charge is 0.251 e. The van der Waals surface area contributed by atoms with Crippen LogP contribution < -0.4 is 19.5 Å². The average Bonchev–Trinajstić information content (AvgIpc) is 3.61. The van der Waals surface area contributed by atoms with E-state index in [9.17, 15) is 9.59 Å². The number of hydrogen-bond donors (Lipinski definition) is 1. The van der Waals surface area contributed by atoms with Gasteiger partial charge in [-0.3, -0.25) is 9.59 Å². The molecule has 7 nitrogen and oxygen atoms in total. The van der Waals surface area contributed by atoms with Crippen LogP contribution in [-0.4, -0.2) is 51.1 Å². The lowest BCUT2D eigenvalue weighted by Crippen LogP contribution is -2.34. The summed E-state index contributed by atoms with van der Waals surface area (Å²) >= 11 is 0. The van der Waals surface area contributed by atoms with E-state index in [1.807, 2.05) is 23.1 Å². The molecule has 1 fully saturated rings. The third-order valence-electron chi connectivity index (χ3n) is 5.23. The minimum atomic E-state index is -0.128. The molecule has 2 amide bonds. The Morgan fingerprint density at radius 2 is 1.63 bits per heavy atom. The van der Waals surface area contributed by atoms with Gasteiger partial charge in [0.1, 0.15) is 0 Å². The predicted molar refractivity (Wildman–Crippen MR) is 113 cm³/mol.